The van der Waals surface area contributed by atoms with Gasteiger partial charge in [0.2, 0.25) is 0 Å². The molecule has 1 aromatic heterocycles. The molecule has 1 heterocycles. The summed E-state index contributed by atoms with van der Waals surface area (Å²) in [5.74, 6) is 0. The van der Waals surface area contributed by atoms with E-state index in [-0.39, 0.29) is 13.1 Å². The quantitative estimate of drug-likeness (QED) is 0.0852. The molecule has 5 nitrogen and oxygen atoms in total. The van der Waals surface area contributed by atoms with Gasteiger partial charge in [-0.3, -0.25) is 9.98 Å². The van der Waals surface area contributed by atoms with Gasteiger partial charge in [0.05, 0.1) is 35.2 Å². The van der Waals surface area contributed by atoms with E-state index < -0.39 is 14.3 Å². The van der Waals surface area contributed by atoms with Crippen molar-refractivity contribution in [2.75, 3.05) is 0 Å². The van der Waals surface area contributed by atoms with Gasteiger partial charge in [-0.1, -0.05) is 121 Å². The fourth-order valence-electron chi connectivity index (χ4n) is 5.81. The number of benzene rings is 6. The van der Waals surface area contributed by atoms with Crippen LogP contribution in [0.15, 0.2) is 192 Å². The zero-order valence-corrected chi connectivity index (χ0v) is 32.1. The summed E-state index contributed by atoms with van der Waals surface area (Å²) in [6, 6.07) is 57.6. The van der Waals surface area contributed by atoms with Gasteiger partial charge in [-0.05, 0) is 60.7 Å². The Balaban J connectivity index is 0.00000150. The van der Waals surface area contributed by atoms with Crippen molar-refractivity contribution in [2.24, 2.45) is 9.98 Å². The molecule has 260 valence electrons. The van der Waals surface area contributed by atoms with Crippen LogP contribution >= 0.6 is 34.5 Å². The Labute approximate surface area is 318 Å². The third-order valence-corrected chi connectivity index (χ3v) is 14.5. The van der Waals surface area contributed by atoms with E-state index in [9.17, 15) is 9.13 Å². The zero-order chi connectivity index (χ0) is 36.2. The molecule has 0 saturated carbocycles. The second-order valence-corrected chi connectivity index (χ2v) is 18.9. The SMILES string of the molecule is O=P(c1ccccc1)(c1ccccc1)c1ccc(N=Cc2ccc(C=Nc3ccc(P(=O)(c4ccccc4)c4ccccc4)cc3)[nH]2)cc1.[Cl][Fe][Cl]. The predicted molar refractivity (Wildman–Crippen MR) is 219 cm³/mol. The van der Waals surface area contributed by atoms with Crippen LogP contribution in [0.5, 0.6) is 0 Å². The van der Waals surface area contributed by atoms with Crippen LogP contribution in [-0.4, -0.2) is 17.4 Å². The van der Waals surface area contributed by atoms with E-state index in [1.807, 2.05) is 182 Å². The van der Waals surface area contributed by atoms with Gasteiger partial charge in [-0.25, -0.2) is 0 Å². The van der Waals surface area contributed by atoms with Crippen molar-refractivity contribution in [3.8, 4) is 0 Å². The van der Waals surface area contributed by atoms with Crippen LogP contribution in [-0.2, 0) is 22.3 Å². The van der Waals surface area contributed by atoms with Crippen LogP contribution in [0, 0.1) is 0 Å². The van der Waals surface area contributed by atoms with Crippen molar-refractivity contribution in [2.45, 2.75) is 0 Å². The number of halogens is 2. The second-order valence-electron chi connectivity index (χ2n) is 11.5. The van der Waals surface area contributed by atoms with Crippen LogP contribution < -0.4 is 31.8 Å². The Morgan fingerprint density at radius 1 is 0.404 bits per heavy atom. The van der Waals surface area contributed by atoms with Crippen LogP contribution in [0.4, 0.5) is 11.4 Å². The molecule has 7 rings (SSSR count). The third kappa shape index (κ3) is 8.58. The summed E-state index contributed by atoms with van der Waals surface area (Å²) in [4.78, 5) is 12.6. The van der Waals surface area contributed by atoms with Crippen LogP contribution in [0.25, 0.3) is 0 Å². The number of hydrogen-bond donors (Lipinski definition) is 1. The van der Waals surface area contributed by atoms with Gasteiger partial charge in [0.15, 0.2) is 14.3 Å². The minimum atomic E-state index is -3.03. The Bertz CT molecular complexity index is 2090. The molecule has 0 bridgehead atoms. The summed E-state index contributed by atoms with van der Waals surface area (Å²) in [5.41, 5.74) is 3.16. The summed E-state index contributed by atoms with van der Waals surface area (Å²) in [7, 11) is 3.47. The van der Waals surface area contributed by atoms with E-state index in [1.54, 1.807) is 12.4 Å². The fraction of sp³-hybridized carbons (Fsp3) is 0. The first-order chi connectivity index (χ1) is 25.4. The molecule has 10 heteroatoms. The van der Waals surface area contributed by atoms with E-state index >= 15 is 0 Å². The molecule has 0 aliphatic carbocycles. The number of hydrogen-bond acceptors (Lipinski definition) is 4. The van der Waals surface area contributed by atoms with E-state index in [4.69, 9.17) is 20.2 Å². The number of H-pyrrole nitrogens is 1. The van der Waals surface area contributed by atoms with Crippen LogP contribution in [0.1, 0.15) is 11.4 Å². The molecule has 0 fully saturated rings. The van der Waals surface area contributed by atoms with E-state index in [0.29, 0.717) is 0 Å². The van der Waals surface area contributed by atoms with E-state index in [2.05, 4.69) is 15.0 Å². The third-order valence-electron chi connectivity index (χ3n) is 8.34. The van der Waals surface area contributed by atoms with Gasteiger partial charge in [0, 0.05) is 31.8 Å². The molecular weight excluding hydrogens is 767 g/mol. The maximum absolute atomic E-state index is 14.6. The number of aliphatic imine (C=N–C) groups is 2. The Hall–Kier alpha value is -4.50. The van der Waals surface area contributed by atoms with Crippen LogP contribution in [0.3, 0.4) is 0 Å². The fourth-order valence-corrected chi connectivity index (χ4v) is 11.1. The van der Waals surface area contributed by atoms with Gasteiger partial charge >= 0.3 is 33.3 Å². The predicted octanol–water partition coefficient (Wildman–Crippen LogP) is 9.17. The summed E-state index contributed by atoms with van der Waals surface area (Å²) in [5, 5.41) is 4.72. The standard InChI is InChI=1S/C42H33N3O2P2.2ClH.Fe/c46-48(37-13-5-1-6-14-37,38-15-7-2-8-16-38)41-27-23-33(24-28-41)43-31-35-21-22-36(45-35)32-44-34-25-29-42(30-26-34)49(47,39-17-9-3-10-18-39)40-19-11-4-12-20-40;;;/h1-32,45H;2*1H;/q;;;+2/p-2. The van der Waals surface area contributed by atoms with Crippen molar-refractivity contribution in [1.82, 2.24) is 4.98 Å². The molecular formula is C42H33Cl2FeN3O2P2. The second kappa shape index (κ2) is 17.8. The summed E-state index contributed by atoms with van der Waals surface area (Å²) in [6.45, 7) is 0. The molecule has 0 amide bonds. The number of nitrogens with zero attached hydrogens (tertiary/aromatic N) is 2. The molecule has 6 aromatic carbocycles. The number of aromatic amines is 1. The summed E-state index contributed by atoms with van der Waals surface area (Å²) in [6.07, 6.45) is 3.53. The first kappa shape index (κ1) is 37.3. The van der Waals surface area contributed by atoms with Gasteiger partial charge < -0.3 is 14.1 Å². The Morgan fingerprint density at radius 3 is 0.923 bits per heavy atom. The summed E-state index contributed by atoms with van der Waals surface area (Å²) < 4.78 is 29.2. The van der Waals surface area contributed by atoms with Crippen molar-refractivity contribution >= 4 is 90.1 Å². The summed E-state index contributed by atoms with van der Waals surface area (Å²) >= 11 is 0.194. The van der Waals surface area contributed by atoms with Crippen molar-refractivity contribution in [3.63, 3.8) is 0 Å². The van der Waals surface area contributed by atoms with Crippen molar-refractivity contribution in [1.29, 1.82) is 0 Å². The molecule has 0 spiro atoms. The average molecular weight is 800 g/mol. The molecule has 0 aliphatic rings. The molecule has 0 saturated heterocycles. The molecule has 7 aromatic rings. The van der Waals surface area contributed by atoms with Gasteiger partial charge in [-0.15, -0.1) is 0 Å². The molecule has 0 radical (unpaired) electrons. The number of nitrogens with one attached hydrogen (secondary N) is 1. The van der Waals surface area contributed by atoms with E-state index in [0.717, 1.165) is 54.6 Å². The maximum atomic E-state index is 14.6. The molecule has 1 N–H and O–H groups in total. The number of rotatable bonds is 10. The van der Waals surface area contributed by atoms with Crippen LogP contribution in [0.2, 0.25) is 0 Å². The Morgan fingerprint density at radius 2 is 0.654 bits per heavy atom. The Kier molecular flexibility index (Phi) is 12.8. The first-order valence-electron chi connectivity index (χ1n) is 16.2. The molecule has 0 aliphatic heterocycles. The van der Waals surface area contributed by atoms with Gasteiger partial charge in [0.25, 0.3) is 0 Å². The van der Waals surface area contributed by atoms with Gasteiger partial charge in [-0.2, -0.15) is 0 Å². The topological polar surface area (TPSA) is 74.7 Å². The first-order valence-corrected chi connectivity index (χ1v) is 22.7. The molecule has 52 heavy (non-hydrogen) atoms. The van der Waals surface area contributed by atoms with Crippen molar-refractivity contribution in [3.05, 3.63) is 193 Å². The molecule has 0 unspecified atom stereocenters. The zero-order valence-electron chi connectivity index (χ0n) is 27.7. The van der Waals surface area contributed by atoms with E-state index in [1.165, 1.54) is 0 Å². The van der Waals surface area contributed by atoms with Gasteiger partial charge in [0.1, 0.15) is 0 Å². The monoisotopic (exact) mass is 799 g/mol. The average Bonchev–Trinajstić information content (AvgIpc) is 3.68. The normalized spacial score (nSPS) is 11.8. The number of aromatic nitrogens is 1. The van der Waals surface area contributed by atoms with Crippen molar-refractivity contribution < 1.29 is 22.3 Å². The minimum absolute atomic E-state index is 0.194. The molecule has 0 atom stereocenters.